The standard InChI is InChI=1S/C28H23NO2/c1-16-11-18-14-25-21(15-24(18)30-16)26-23(31-25)9-10-29-27(26)19-12-17-7-5-6-8-20(17)22(13-19)28(2,3)4/h5-15H,1-4H3. The Morgan fingerprint density at radius 1 is 0.742 bits per heavy atom. The molecule has 152 valence electrons. The number of nitrogens with zero attached hydrogens (tertiary/aromatic N) is 1. The highest BCUT2D eigenvalue weighted by Crippen LogP contribution is 2.40. The molecule has 0 aliphatic heterocycles. The summed E-state index contributed by atoms with van der Waals surface area (Å²) in [4.78, 5) is 4.82. The third-order valence-electron chi connectivity index (χ3n) is 6.09. The van der Waals surface area contributed by atoms with Gasteiger partial charge in [0.15, 0.2) is 0 Å². The molecule has 0 spiro atoms. The van der Waals surface area contributed by atoms with Crippen molar-refractivity contribution >= 4 is 43.7 Å². The normalized spacial score (nSPS) is 12.5. The number of hydrogen-bond acceptors (Lipinski definition) is 3. The fourth-order valence-electron chi connectivity index (χ4n) is 4.67. The molecule has 0 aliphatic rings. The summed E-state index contributed by atoms with van der Waals surface area (Å²) >= 11 is 0. The van der Waals surface area contributed by atoms with E-state index in [1.807, 2.05) is 25.3 Å². The molecule has 3 heterocycles. The van der Waals surface area contributed by atoms with Crippen LogP contribution >= 0.6 is 0 Å². The summed E-state index contributed by atoms with van der Waals surface area (Å²) in [6.07, 6.45) is 1.83. The summed E-state index contributed by atoms with van der Waals surface area (Å²) < 4.78 is 12.1. The number of rotatable bonds is 1. The number of pyridine rings is 1. The third-order valence-corrected chi connectivity index (χ3v) is 6.09. The van der Waals surface area contributed by atoms with Crippen LogP contribution in [0.2, 0.25) is 0 Å². The van der Waals surface area contributed by atoms with Crippen molar-refractivity contribution in [3.8, 4) is 11.3 Å². The fourth-order valence-corrected chi connectivity index (χ4v) is 4.67. The average Bonchev–Trinajstić information content (AvgIpc) is 3.28. The Kier molecular flexibility index (Phi) is 3.64. The van der Waals surface area contributed by atoms with Gasteiger partial charge in [0.25, 0.3) is 0 Å². The zero-order valence-corrected chi connectivity index (χ0v) is 18.1. The molecule has 0 fully saturated rings. The van der Waals surface area contributed by atoms with Crippen LogP contribution in [0.5, 0.6) is 0 Å². The Bertz CT molecular complexity index is 1630. The summed E-state index contributed by atoms with van der Waals surface area (Å²) in [5, 5.41) is 5.63. The number of aryl methyl sites for hydroxylation is 1. The number of benzene rings is 3. The van der Waals surface area contributed by atoms with Gasteiger partial charge < -0.3 is 8.83 Å². The summed E-state index contributed by atoms with van der Waals surface area (Å²) in [6.45, 7) is 8.75. The van der Waals surface area contributed by atoms with Gasteiger partial charge in [-0.2, -0.15) is 0 Å². The Hall–Kier alpha value is -3.59. The van der Waals surface area contributed by atoms with Crippen molar-refractivity contribution in [3.05, 3.63) is 78.2 Å². The van der Waals surface area contributed by atoms with Crippen LogP contribution < -0.4 is 0 Å². The van der Waals surface area contributed by atoms with Crippen LogP contribution in [0.25, 0.3) is 54.9 Å². The number of fused-ring (bicyclic) bond motifs is 5. The molecule has 3 aromatic carbocycles. The lowest BCUT2D eigenvalue weighted by molar-refractivity contribution is 0.579. The predicted octanol–water partition coefficient (Wildman–Crippen LogP) is 8.15. The minimum atomic E-state index is 0.0137. The van der Waals surface area contributed by atoms with Crippen LogP contribution in [0.1, 0.15) is 32.1 Å². The van der Waals surface area contributed by atoms with E-state index in [1.54, 1.807) is 0 Å². The highest BCUT2D eigenvalue weighted by Gasteiger charge is 2.21. The van der Waals surface area contributed by atoms with Crippen molar-refractivity contribution < 1.29 is 8.83 Å². The summed E-state index contributed by atoms with van der Waals surface area (Å²) in [5.74, 6) is 0.898. The van der Waals surface area contributed by atoms with Crippen molar-refractivity contribution in [2.75, 3.05) is 0 Å². The molecule has 3 aromatic heterocycles. The molecule has 0 radical (unpaired) electrons. The molecule has 0 atom stereocenters. The van der Waals surface area contributed by atoms with Gasteiger partial charge in [-0.3, -0.25) is 4.98 Å². The fraction of sp³-hybridized carbons (Fsp3) is 0.179. The van der Waals surface area contributed by atoms with Crippen LogP contribution in [0.15, 0.2) is 75.7 Å². The summed E-state index contributed by atoms with van der Waals surface area (Å²) in [7, 11) is 0. The van der Waals surface area contributed by atoms with Crippen LogP contribution in [0, 0.1) is 6.92 Å². The van der Waals surface area contributed by atoms with Crippen LogP contribution in [-0.4, -0.2) is 4.98 Å². The maximum Gasteiger partial charge on any atom is 0.139 e. The topological polar surface area (TPSA) is 39.2 Å². The molecule has 0 saturated carbocycles. The van der Waals surface area contributed by atoms with Crippen LogP contribution in [0.3, 0.4) is 0 Å². The molecule has 0 N–H and O–H groups in total. The van der Waals surface area contributed by atoms with E-state index in [1.165, 1.54) is 16.3 Å². The van der Waals surface area contributed by atoms with Crippen molar-refractivity contribution in [1.29, 1.82) is 0 Å². The SMILES string of the molecule is Cc1cc2cc3oc4ccnc(-c5cc(C(C)(C)C)c6ccccc6c5)c4c3cc2o1. The number of hydrogen-bond donors (Lipinski definition) is 0. The first-order valence-electron chi connectivity index (χ1n) is 10.6. The van der Waals surface area contributed by atoms with E-state index in [0.717, 1.165) is 49.9 Å². The van der Waals surface area contributed by atoms with Gasteiger partial charge in [-0.15, -0.1) is 0 Å². The molecule has 0 unspecified atom stereocenters. The van der Waals surface area contributed by atoms with Gasteiger partial charge in [0.2, 0.25) is 0 Å². The lowest BCUT2D eigenvalue weighted by Crippen LogP contribution is -2.12. The lowest BCUT2D eigenvalue weighted by Gasteiger charge is -2.22. The molecule has 0 amide bonds. The van der Waals surface area contributed by atoms with Crippen molar-refractivity contribution in [1.82, 2.24) is 4.98 Å². The first-order chi connectivity index (χ1) is 14.9. The van der Waals surface area contributed by atoms with Crippen molar-refractivity contribution in [2.45, 2.75) is 33.1 Å². The zero-order valence-electron chi connectivity index (χ0n) is 18.1. The second-order valence-electron chi connectivity index (χ2n) is 9.37. The smallest absolute Gasteiger partial charge is 0.139 e. The summed E-state index contributed by atoms with van der Waals surface area (Å²) in [5.41, 5.74) is 5.94. The Labute approximate surface area is 180 Å². The van der Waals surface area contributed by atoms with Gasteiger partial charge in [-0.1, -0.05) is 45.0 Å². The molecule has 0 aliphatic carbocycles. The van der Waals surface area contributed by atoms with E-state index in [9.17, 15) is 0 Å². The first-order valence-corrected chi connectivity index (χ1v) is 10.6. The van der Waals surface area contributed by atoms with Gasteiger partial charge in [0.1, 0.15) is 22.5 Å². The Balaban J connectivity index is 1.71. The van der Waals surface area contributed by atoms with Crippen molar-refractivity contribution in [3.63, 3.8) is 0 Å². The summed E-state index contributed by atoms with van der Waals surface area (Å²) in [6, 6.07) is 21.2. The van der Waals surface area contributed by atoms with Gasteiger partial charge >= 0.3 is 0 Å². The van der Waals surface area contributed by atoms with Gasteiger partial charge in [-0.05, 0) is 65.1 Å². The minimum absolute atomic E-state index is 0.0137. The first kappa shape index (κ1) is 18.2. The molecule has 0 bridgehead atoms. The van der Waals surface area contributed by atoms with Crippen LogP contribution in [0.4, 0.5) is 0 Å². The second kappa shape index (κ2) is 6.21. The molecule has 3 heteroatoms. The maximum atomic E-state index is 6.24. The van der Waals surface area contributed by atoms with E-state index in [-0.39, 0.29) is 5.41 Å². The van der Waals surface area contributed by atoms with E-state index < -0.39 is 0 Å². The van der Waals surface area contributed by atoms with E-state index >= 15 is 0 Å². The van der Waals surface area contributed by atoms with Crippen molar-refractivity contribution in [2.24, 2.45) is 0 Å². The quantitative estimate of drug-likeness (QED) is 0.277. The second-order valence-corrected chi connectivity index (χ2v) is 9.37. The maximum absolute atomic E-state index is 6.24. The molecular formula is C28H23NO2. The minimum Gasteiger partial charge on any atom is -0.461 e. The number of aromatic nitrogens is 1. The molecule has 0 saturated heterocycles. The molecule has 3 nitrogen and oxygen atoms in total. The van der Waals surface area contributed by atoms with E-state index in [0.29, 0.717) is 0 Å². The Morgan fingerprint density at radius 2 is 1.58 bits per heavy atom. The Morgan fingerprint density at radius 3 is 2.42 bits per heavy atom. The highest BCUT2D eigenvalue weighted by atomic mass is 16.3. The average molecular weight is 405 g/mol. The third kappa shape index (κ3) is 2.77. The van der Waals surface area contributed by atoms with Crippen LogP contribution in [-0.2, 0) is 5.41 Å². The largest absolute Gasteiger partial charge is 0.461 e. The molecule has 6 aromatic rings. The zero-order chi connectivity index (χ0) is 21.3. The molecule has 6 rings (SSSR count). The highest BCUT2D eigenvalue weighted by molar-refractivity contribution is 6.14. The van der Waals surface area contributed by atoms with Gasteiger partial charge in [-0.25, -0.2) is 0 Å². The van der Waals surface area contributed by atoms with E-state index in [4.69, 9.17) is 13.8 Å². The monoisotopic (exact) mass is 405 g/mol. The lowest BCUT2D eigenvalue weighted by atomic mass is 9.82. The van der Waals surface area contributed by atoms with E-state index in [2.05, 4.69) is 69.3 Å². The predicted molar refractivity (Wildman–Crippen MR) is 128 cm³/mol. The van der Waals surface area contributed by atoms with Gasteiger partial charge in [0.05, 0.1) is 11.1 Å². The number of furan rings is 2. The van der Waals surface area contributed by atoms with Gasteiger partial charge in [0, 0.05) is 22.5 Å². The molecular weight excluding hydrogens is 382 g/mol. The molecule has 31 heavy (non-hydrogen) atoms.